The van der Waals surface area contributed by atoms with E-state index in [1.165, 1.54) is 0 Å². The second-order valence-corrected chi connectivity index (χ2v) is 11.4. The third-order valence-corrected chi connectivity index (χ3v) is 9.67. The maximum absolute atomic E-state index is 13.3. The number of hydrogen-bond acceptors (Lipinski definition) is 6. The summed E-state index contributed by atoms with van der Waals surface area (Å²) in [6.45, 7) is 0. The van der Waals surface area contributed by atoms with Gasteiger partial charge in [0.05, 0.1) is 5.25 Å². The highest BCUT2D eigenvalue weighted by molar-refractivity contribution is 7.89. The average molecular weight is 423 g/mol. The fraction of sp³-hybridized carbons (Fsp3) is 0.800. The molecule has 0 radical (unpaired) electrons. The molecule has 1 aromatic heterocycles. The van der Waals surface area contributed by atoms with Crippen LogP contribution in [0.3, 0.4) is 0 Å². The first-order valence-corrected chi connectivity index (χ1v) is 12.5. The van der Waals surface area contributed by atoms with Crippen molar-refractivity contribution in [1.29, 1.82) is 0 Å². The lowest BCUT2D eigenvalue weighted by Gasteiger charge is -2.40. The van der Waals surface area contributed by atoms with Crippen LogP contribution in [0, 0.1) is 0 Å². The minimum atomic E-state index is -3.31. The van der Waals surface area contributed by atoms with Gasteiger partial charge >= 0.3 is 0 Å². The van der Waals surface area contributed by atoms with Crippen molar-refractivity contribution in [3.63, 3.8) is 0 Å². The quantitative estimate of drug-likeness (QED) is 0.748. The minimum absolute atomic E-state index is 0.0148. The fourth-order valence-corrected chi connectivity index (χ4v) is 7.87. The molecule has 1 amide bonds. The van der Waals surface area contributed by atoms with Crippen molar-refractivity contribution < 1.29 is 17.7 Å². The molecule has 1 aromatic rings. The van der Waals surface area contributed by atoms with E-state index in [0.29, 0.717) is 37.3 Å². The van der Waals surface area contributed by atoms with E-state index in [0.717, 1.165) is 44.3 Å². The zero-order chi connectivity index (χ0) is 20.2. The maximum Gasteiger partial charge on any atom is 0.273 e. The molecule has 2 saturated carbocycles. The van der Waals surface area contributed by atoms with Crippen molar-refractivity contribution in [2.45, 2.75) is 99.5 Å². The van der Waals surface area contributed by atoms with Crippen LogP contribution >= 0.6 is 0 Å². The fourth-order valence-electron chi connectivity index (χ4n) is 5.44. The Hall–Kier alpha value is -1.45. The average Bonchev–Trinajstić information content (AvgIpc) is 3.34. The summed E-state index contributed by atoms with van der Waals surface area (Å²) in [5, 5.41) is 6.68. The molecular weight excluding hydrogens is 392 g/mol. The number of hydrogen-bond donors (Lipinski definition) is 2. The van der Waals surface area contributed by atoms with Gasteiger partial charge in [0.25, 0.3) is 5.91 Å². The molecule has 9 heteroatoms. The number of nitrogens with two attached hydrogens (primary N) is 1. The molecule has 2 bridgehead atoms. The van der Waals surface area contributed by atoms with Crippen molar-refractivity contribution >= 4 is 15.9 Å². The summed E-state index contributed by atoms with van der Waals surface area (Å²) in [6, 6.07) is 1.83. The number of nitrogens with one attached hydrogen (secondary N) is 1. The molecule has 2 saturated heterocycles. The zero-order valence-corrected chi connectivity index (χ0v) is 17.4. The van der Waals surface area contributed by atoms with Crippen LogP contribution in [0.1, 0.15) is 86.4 Å². The first-order valence-electron chi connectivity index (χ1n) is 11.0. The van der Waals surface area contributed by atoms with Crippen LogP contribution in [-0.4, -0.2) is 53.2 Å². The van der Waals surface area contributed by atoms with Crippen LogP contribution in [0.25, 0.3) is 0 Å². The highest BCUT2D eigenvalue weighted by Gasteiger charge is 2.49. The number of rotatable bonds is 5. The second-order valence-electron chi connectivity index (χ2n) is 9.33. The molecule has 160 valence electrons. The van der Waals surface area contributed by atoms with E-state index in [-0.39, 0.29) is 35.3 Å². The Kier molecular flexibility index (Phi) is 4.95. The van der Waals surface area contributed by atoms with Crippen molar-refractivity contribution in [3.8, 4) is 0 Å². The van der Waals surface area contributed by atoms with E-state index >= 15 is 0 Å². The lowest BCUT2D eigenvalue weighted by atomic mass is 9.96. The van der Waals surface area contributed by atoms with E-state index < -0.39 is 10.0 Å². The first-order chi connectivity index (χ1) is 13.9. The molecule has 0 spiro atoms. The number of sulfonamides is 1. The van der Waals surface area contributed by atoms with E-state index in [2.05, 4.69) is 10.5 Å². The van der Waals surface area contributed by atoms with Crippen LogP contribution in [0.4, 0.5) is 0 Å². The number of carbonyl (C=O) groups excluding carboxylic acids is 1. The largest absolute Gasteiger partial charge is 0.360 e. The Labute approximate surface area is 171 Å². The standard InChI is InChI=1S/C20H30N4O4S/c21-13-3-7-17(8-4-13)29(26,27)24-15-5-6-16(24)10-14(9-15)22-20(25)18-11-19(28-23-18)12-1-2-12/h11-17H,1-10,21H2,(H,22,25)/t13-,14-,15+,16-,17-. The molecule has 8 nitrogen and oxygen atoms in total. The summed E-state index contributed by atoms with van der Waals surface area (Å²) in [6.07, 6.45) is 8.17. The van der Waals surface area contributed by atoms with E-state index in [1.807, 2.05) is 0 Å². The first kappa shape index (κ1) is 19.5. The molecule has 0 unspecified atom stereocenters. The van der Waals surface area contributed by atoms with Gasteiger partial charge in [0, 0.05) is 36.2 Å². The van der Waals surface area contributed by atoms with E-state index in [9.17, 15) is 13.2 Å². The topological polar surface area (TPSA) is 119 Å². The normalized spacial score (nSPS) is 35.6. The lowest BCUT2D eigenvalue weighted by Crippen LogP contribution is -2.55. The van der Waals surface area contributed by atoms with E-state index in [1.54, 1.807) is 10.4 Å². The van der Waals surface area contributed by atoms with Gasteiger partial charge in [0.2, 0.25) is 10.0 Å². The number of nitrogens with zero attached hydrogens (tertiary/aromatic N) is 2. The Morgan fingerprint density at radius 1 is 1.07 bits per heavy atom. The molecule has 4 aliphatic rings. The van der Waals surface area contributed by atoms with Crippen LogP contribution in [-0.2, 0) is 10.0 Å². The number of aromatic nitrogens is 1. The summed E-state index contributed by atoms with van der Waals surface area (Å²) in [7, 11) is -3.31. The third-order valence-electron chi connectivity index (χ3n) is 7.18. The summed E-state index contributed by atoms with van der Waals surface area (Å²) in [4.78, 5) is 12.6. The highest BCUT2D eigenvalue weighted by Crippen LogP contribution is 2.41. The zero-order valence-electron chi connectivity index (χ0n) is 16.6. The Morgan fingerprint density at radius 3 is 2.34 bits per heavy atom. The molecule has 4 fully saturated rings. The molecule has 2 aliphatic carbocycles. The Bertz CT molecular complexity index is 859. The molecule has 3 N–H and O–H groups in total. The maximum atomic E-state index is 13.3. The molecule has 3 heterocycles. The number of fused-ring (bicyclic) bond motifs is 2. The van der Waals surface area contributed by atoms with Gasteiger partial charge < -0.3 is 15.6 Å². The number of piperidine rings is 1. The van der Waals surface area contributed by atoms with Gasteiger partial charge in [-0.3, -0.25) is 4.79 Å². The van der Waals surface area contributed by atoms with Gasteiger partial charge in [-0.05, 0) is 64.2 Å². The summed E-state index contributed by atoms with van der Waals surface area (Å²) < 4.78 is 33.7. The van der Waals surface area contributed by atoms with Gasteiger partial charge in [-0.1, -0.05) is 5.16 Å². The molecule has 0 aromatic carbocycles. The van der Waals surface area contributed by atoms with Crippen molar-refractivity contribution in [2.75, 3.05) is 0 Å². The Morgan fingerprint density at radius 2 is 1.72 bits per heavy atom. The van der Waals surface area contributed by atoms with Gasteiger partial charge in [0.1, 0.15) is 5.76 Å². The highest BCUT2D eigenvalue weighted by atomic mass is 32.2. The van der Waals surface area contributed by atoms with Crippen molar-refractivity contribution in [3.05, 3.63) is 17.5 Å². The summed E-state index contributed by atoms with van der Waals surface area (Å²) in [5.74, 6) is 0.994. The van der Waals surface area contributed by atoms with Gasteiger partial charge in [-0.2, -0.15) is 4.31 Å². The summed E-state index contributed by atoms with van der Waals surface area (Å²) in [5.41, 5.74) is 6.29. The van der Waals surface area contributed by atoms with E-state index in [4.69, 9.17) is 10.3 Å². The second kappa shape index (κ2) is 7.35. The van der Waals surface area contributed by atoms with Gasteiger partial charge in [-0.15, -0.1) is 0 Å². The lowest BCUT2D eigenvalue weighted by molar-refractivity contribution is 0.0899. The minimum Gasteiger partial charge on any atom is -0.360 e. The van der Waals surface area contributed by atoms with Crippen LogP contribution in [0.5, 0.6) is 0 Å². The predicted octanol–water partition coefficient (Wildman–Crippen LogP) is 1.88. The van der Waals surface area contributed by atoms with Crippen molar-refractivity contribution in [2.24, 2.45) is 5.73 Å². The number of amides is 1. The smallest absolute Gasteiger partial charge is 0.273 e. The van der Waals surface area contributed by atoms with Crippen LogP contribution < -0.4 is 11.1 Å². The van der Waals surface area contributed by atoms with Crippen LogP contribution in [0.2, 0.25) is 0 Å². The predicted molar refractivity (Wildman–Crippen MR) is 107 cm³/mol. The SMILES string of the molecule is N[C@H]1CC[C@H](S(=O)(=O)N2[C@@H]3CC[C@H]2C[C@@H](NC(=O)c2cc(C4CC4)on2)C3)CC1. The molecule has 5 rings (SSSR count). The Balaban J connectivity index is 1.23. The molecular formula is C20H30N4O4S. The molecule has 2 aliphatic heterocycles. The third kappa shape index (κ3) is 3.72. The van der Waals surface area contributed by atoms with Crippen molar-refractivity contribution in [1.82, 2.24) is 14.8 Å². The monoisotopic (exact) mass is 422 g/mol. The molecule has 3 atom stereocenters. The van der Waals surface area contributed by atoms with Gasteiger partial charge in [-0.25, -0.2) is 8.42 Å². The molecule has 29 heavy (non-hydrogen) atoms. The van der Waals surface area contributed by atoms with Gasteiger partial charge in [0.15, 0.2) is 5.69 Å². The van der Waals surface area contributed by atoms with Crippen LogP contribution in [0.15, 0.2) is 10.6 Å². The number of carbonyl (C=O) groups is 1. The summed E-state index contributed by atoms with van der Waals surface area (Å²) >= 11 is 0.